The Morgan fingerprint density at radius 3 is 2.00 bits per heavy atom. The molecule has 0 spiro atoms. The zero-order valence-electron chi connectivity index (χ0n) is 11.8. The van der Waals surface area contributed by atoms with E-state index >= 15 is 0 Å². The van der Waals surface area contributed by atoms with Gasteiger partial charge in [0.05, 0.1) is 0 Å². The van der Waals surface area contributed by atoms with Crippen LogP contribution in [-0.4, -0.2) is 17.1 Å². The monoisotopic (exact) mass is 301 g/mol. The largest absolute Gasteiger partial charge is 1.00 e. The first-order valence-corrected chi connectivity index (χ1v) is 6.75. The van der Waals surface area contributed by atoms with Crippen LogP contribution in [-0.2, 0) is 10.3 Å². The molecule has 0 saturated heterocycles. The summed E-state index contributed by atoms with van der Waals surface area (Å²) in [7, 11) is -4.66. The zero-order valence-corrected chi connectivity index (χ0v) is 13.6. The van der Waals surface area contributed by atoms with Crippen LogP contribution in [0, 0.1) is 0 Å². The van der Waals surface area contributed by atoms with Crippen molar-refractivity contribution in [2.75, 3.05) is 5.32 Å². The molecule has 0 radical (unpaired) electrons. The molecule has 2 N–H and O–H groups in total. The van der Waals surface area contributed by atoms with E-state index in [4.69, 9.17) is 4.55 Å². The molecule has 8 heteroatoms. The van der Waals surface area contributed by atoms with E-state index in [-0.39, 0.29) is 40.8 Å². The van der Waals surface area contributed by atoms with E-state index in [9.17, 15) is 13.9 Å². The zero-order chi connectivity index (χ0) is 13.9. The topological polar surface area (TPSA) is 91.7 Å². The molecule has 2 aromatic rings. The molecule has 0 saturated carbocycles. The number of hydrogen-bond acceptors (Lipinski definition) is 3. The summed E-state index contributed by atoms with van der Waals surface area (Å²) in [5, 5.41) is 3.10. The van der Waals surface area contributed by atoms with Crippen molar-refractivity contribution >= 4 is 27.4 Å². The summed E-state index contributed by atoms with van der Waals surface area (Å²) in [6.07, 6.45) is 0. The Bertz CT molecular complexity index is 693. The third-order valence-electron chi connectivity index (χ3n) is 2.37. The van der Waals surface area contributed by atoms with Crippen LogP contribution in [0.4, 0.5) is 17.1 Å². The number of para-hydroxylation sites is 1. The molecule has 0 heterocycles. The molecule has 0 aliphatic rings. The van der Waals surface area contributed by atoms with Gasteiger partial charge in [-0.1, -0.05) is 18.2 Å². The third-order valence-corrected chi connectivity index (χ3v) is 3.02. The van der Waals surface area contributed by atoms with E-state index in [2.05, 4.69) is 5.32 Å². The fraction of sp³-hybridized carbons (Fsp3) is 0. The van der Waals surface area contributed by atoms with Crippen LogP contribution in [0.5, 0.6) is 0 Å². The standard InChI is InChI=1S/C12H11N3O3S.Na.H/c13-15(19(16,17)18)12-8-6-11(7-9-12)14-10-4-2-1-3-5-10;;/h1-9,14H,(H,16,17,18);;/q;+1;-1. The molecule has 0 fully saturated rings. The molecule has 0 aliphatic heterocycles. The molecule has 2 aromatic carbocycles. The molecule has 2 rings (SSSR count). The summed E-state index contributed by atoms with van der Waals surface area (Å²) in [5.74, 6) is 0. The van der Waals surface area contributed by atoms with E-state index in [0.29, 0.717) is 0 Å². The van der Waals surface area contributed by atoms with Crippen molar-refractivity contribution in [3.05, 3.63) is 60.1 Å². The summed E-state index contributed by atoms with van der Waals surface area (Å²) in [5.41, 5.74) is 10.8. The van der Waals surface area contributed by atoms with Gasteiger partial charge < -0.3 is 12.3 Å². The summed E-state index contributed by atoms with van der Waals surface area (Å²) < 4.78 is 29.9. The maximum Gasteiger partial charge on any atom is 1.00 e. The first kappa shape index (κ1) is 16.8. The number of nitrogens with one attached hydrogen (secondary N) is 1. The average Bonchev–Trinajstić information content (AvgIpc) is 2.39. The second-order valence-electron chi connectivity index (χ2n) is 3.76. The van der Waals surface area contributed by atoms with E-state index in [1.165, 1.54) is 12.1 Å². The molecule has 0 amide bonds. The van der Waals surface area contributed by atoms with Gasteiger partial charge >= 0.3 is 39.9 Å². The van der Waals surface area contributed by atoms with Gasteiger partial charge in [0.15, 0.2) is 0 Å². The van der Waals surface area contributed by atoms with Crippen LogP contribution in [0.3, 0.4) is 0 Å². The van der Waals surface area contributed by atoms with Crippen molar-refractivity contribution in [1.29, 1.82) is 0 Å². The minimum absolute atomic E-state index is 0. The normalized spacial score (nSPS) is 10.4. The van der Waals surface area contributed by atoms with Gasteiger partial charge in [-0.05, 0) is 24.3 Å². The SMILES string of the molecule is [H-].[N-]=[N+](c1ccc(Nc2ccccc2)cc1)S(=O)(=O)O.[Na+]. The summed E-state index contributed by atoms with van der Waals surface area (Å²) >= 11 is 0. The van der Waals surface area contributed by atoms with Crippen LogP contribution >= 0.6 is 0 Å². The summed E-state index contributed by atoms with van der Waals surface area (Å²) in [4.78, 5) is 0. The number of rotatable bonds is 4. The Hall–Kier alpha value is -1.25. The molecular weight excluding hydrogens is 289 g/mol. The van der Waals surface area contributed by atoms with Crippen molar-refractivity contribution < 1.29 is 48.1 Å². The Morgan fingerprint density at radius 1 is 1.00 bits per heavy atom. The number of anilines is 2. The molecule has 6 nitrogen and oxygen atoms in total. The first-order valence-electron chi connectivity index (χ1n) is 5.35. The van der Waals surface area contributed by atoms with Gasteiger partial charge in [-0.2, -0.15) is 0 Å². The van der Waals surface area contributed by atoms with Crippen LogP contribution in [0.1, 0.15) is 1.43 Å². The predicted octanol–water partition coefficient (Wildman–Crippen LogP) is 0.0151. The minimum Gasteiger partial charge on any atom is -1.00 e. The number of nitrogens with zero attached hydrogens (tertiary/aromatic N) is 2. The van der Waals surface area contributed by atoms with E-state index in [0.717, 1.165) is 11.4 Å². The number of hydrogen-bond donors (Lipinski definition) is 2. The quantitative estimate of drug-likeness (QED) is 0.360. The van der Waals surface area contributed by atoms with Crippen molar-refractivity contribution in [1.82, 2.24) is 0 Å². The maximum absolute atomic E-state index is 10.7. The molecule has 0 aromatic heterocycles. The Labute approximate surface area is 140 Å². The molecule has 100 valence electrons. The van der Waals surface area contributed by atoms with Gasteiger partial charge in [-0.15, -0.1) is 12.5 Å². The van der Waals surface area contributed by atoms with Gasteiger partial charge in [0.2, 0.25) is 5.69 Å². The smallest absolute Gasteiger partial charge is 1.00 e. The van der Waals surface area contributed by atoms with Gasteiger partial charge in [0, 0.05) is 23.5 Å². The Morgan fingerprint density at radius 2 is 1.50 bits per heavy atom. The van der Waals surface area contributed by atoms with Gasteiger partial charge in [0.25, 0.3) is 0 Å². The van der Waals surface area contributed by atoms with Gasteiger partial charge in [-0.3, -0.25) is 0 Å². The summed E-state index contributed by atoms with van der Waals surface area (Å²) in [6, 6.07) is 15.3. The van der Waals surface area contributed by atoms with Crippen LogP contribution in [0.15, 0.2) is 54.6 Å². The molecule has 0 bridgehead atoms. The predicted molar refractivity (Wildman–Crippen MR) is 72.1 cm³/mol. The van der Waals surface area contributed by atoms with Crippen LogP contribution < -0.4 is 34.9 Å². The van der Waals surface area contributed by atoms with Crippen molar-refractivity contribution in [3.63, 3.8) is 0 Å². The molecule has 0 aliphatic carbocycles. The third kappa shape index (κ3) is 4.39. The van der Waals surface area contributed by atoms with E-state index < -0.39 is 10.3 Å². The van der Waals surface area contributed by atoms with Crippen molar-refractivity contribution in [2.24, 2.45) is 0 Å². The summed E-state index contributed by atoms with van der Waals surface area (Å²) in [6.45, 7) is 0. The number of benzene rings is 2. The van der Waals surface area contributed by atoms with Crippen LogP contribution in [0.2, 0.25) is 0 Å². The molecule has 0 unspecified atom stereocenters. The van der Waals surface area contributed by atoms with Crippen LogP contribution in [0.25, 0.3) is 5.53 Å². The van der Waals surface area contributed by atoms with Crippen molar-refractivity contribution in [2.45, 2.75) is 0 Å². The minimum atomic E-state index is -4.66. The fourth-order valence-corrected chi connectivity index (χ4v) is 1.88. The van der Waals surface area contributed by atoms with E-state index in [1.807, 2.05) is 30.3 Å². The molecular formula is C12H12N3NaO3S. The van der Waals surface area contributed by atoms with Gasteiger partial charge in [-0.25, -0.2) is 4.55 Å². The van der Waals surface area contributed by atoms with Gasteiger partial charge in [0.1, 0.15) is 0 Å². The Kier molecular flexibility index (Phi) is 5.85. The fourth-order valence-electron chi connectivity index (χ4n) is 1.49. The second-order valence-corrected chi connectivity index (χ2v) is 5.00. The average molecular weight is 301 g/mol. The molecule has 20 heavy (non-hydrogen) atoms. The maximum atomic E-state index is 10.7. The van der Waals surface area contributed by atoms with E-state index in [1.54, 1.807) is 12.1 Å². The first-order chi connectivity index (χ1) is 8.97. The molecule has 0 atom stereocenters. The Balaban J connectivity index is 0.00000200. The van der Waals surface area contributed by atoms with Crippen molar-refractivity contribution in [3.8, 4) is 0 Å². The second kappa shape index (κ2) is 6.96.